The molecule has 0 saturated carbocycles. The monoisotopic (exact) mass is 515 g/mol. The minimum absolute atomic E-state index is 0.328. The molecule has 1 heterocycles. The molecule has 0 atom stereocenters. The molecule has 4 rings (SSSR count). The summed E-state index contributed by atoms with van der Waals surface area (Å²) in [6, 6.07) is 17.6. The molecular weight excluding hydrogens is 481 g/mol. The predicted octanol–water partition coefficient (Wildman–Crippen LogP) is 6.74. The maximum absolute atomic E-state index is 15.9. The van der Waals surface area contributed by atoms with Gasteiger partial charge in [0.2, 0.25) is 5.82 Å². The molecule has 0 radical (unpaired) electrons. The zero-order valence-corrected chi connectivity index (χ0v) is 22.4. The molecule has 8 nitrogen and oxygen atoms in total. The van der Waals surface area contributed by atoms with Gasteiger partial charge in [-0.3, -0.25) is 0 Å². The number of carbonyl (C=O) groups excluding carboxylic acids is 1. The van der Waals surface area contributed by atoms with Crippen molar-refractivity contribution in [3.63, 3.8) is 0 Å². The van der Waals surface area contributed by atoms with Crippen LogP contribution in [0.3, 0.4) is 0 Å². The van der Waals surface area contributed by atoms with Gasteiger partial charge in [0, 0.05) is 29.9 Å². The number of rotatable bonds is 9. The first-order valence-electron chi connectivity index (χ1n) is 12.8. The van der Waals surface area contributed by atoms with Crippen molar-refractivity contribution in [2.75, 3.05) is 28.6 Å². The second kappa shape index (κ2) is 11.9. The fraction of sp³-hybridized carbons (Fsp3) is 0.310. The van der Waals surface area contributed by atoms with Gasteiger partial charge in [-0.15, -0.1) is 10.2 Å². The summed E-state index contributed by atoms with van der Waals surface area (Å²) in [7, 11) is 0. The minimum Gasteiger partial charge on any atom is -0.369 e. The van der Waals surface area contributed by atoms with Crippen molar-refractivity contribution in [1.82, 2.24) is 20.6 Å². The molecule has 0 aliphatic heterocycles. The van der Waals surface area contributed by atoms with Crippen LogP contribution in [0.5, 0.6) is 0 Å². The number of hydrogen-bond donors (Lipinski definition) is 3. The summed E-state index contributed by atoms with van der Waals surface area (Å²) < 4.78 is 15.9. The highest BCUT2D eigenvalue weighted by Crippen LogP contribution is 2.38. The number of tetrazole rings is 1. The van der Waals surface area contributed by atoms with Gasteiger partial charge in [-0.1, -0.05) is 69.7 Å². The smallest absolute Gasteiger partial charge is 0.323 e. The maximum Gasteiger partial charge on any atom is 0.323 e. The average molecular weight is 516 g/mol. The predicted molar refractivity (Wildman–Crippen MR) is 151 cm³/mol. The van der Waals surface area contributed by atoms with Crippen LogP contribution in [0.25, 0.3) is 22.5 Å². The Balaban J connectivity index is 1.79. The van der Waals surface area contributed by atoms with Gasteiger partial charge in [-0.25, -0.2) is 9.18 Å². The van der Waals surface area contributed by atoms with Crippen molar-refractivity contribution in [2.45, 2.75) is 34.6 Å². The Bertz CT molecular complexity index is 1360. The number of benzene rings is 3. The number of nitrogens with zero attached hydrogens (tertiary/aromatic N) is 4. The lowest BCUT2D eigenvalue weighted by molar-refractivity contribution is 0.262. The van der Waals surface area contributed by atoms with E-state index in [1.165, 1.54) is 6.07 Å². The number of urea groups is 1. The van der Waals surface area contributed by atoms with Crippen LogP contribution < -0.4 is 15.5 Å². The van der Waals surface area contributed by atoms with Gasteiger partial charge < -0.3 is 15.5 Å². The van der Waals surface area contributed by atoms with Gasteiger partial charge >= 0.3 is 6.03 Å². The second-order valence-corrected chi connectivity index (χ2v) is 10.3. The van der Waals surface area contributed by atoms with Gasteiger partial charge in [-0.05, 0) is 53.8 Å². The van der Waals surface area contributed by atoms with Crippen LogP contribution in [0, 0.1) is 24.6 Å². The lowest BCUT2D eigenvalue weighted by Crippen LogP contribution is -2.32. The molecule has 3 N–H and O–H groups in total. The molecule has 0 fully saturated rings. The summed E-state index contributed by atoms with van der Waals surface area (Å²) >= 11 is 0. The molecule has 0 bridgehead atoms. The van der Waals surface area contributed by atoms with Crippen LogP contribution in [-0.4, -0.2) is 39.7 Å². The molecule has 2 amide bonds. The van der Waals surface area contributed by atoms with E-state index in [-0.39, 0.29) is 0 Å². The zero-order valence-electron chi connectivity index (χ0n) is 22.4. The molecule has 198 valence electrons. The van der Waals surface area contributed by atoms with Gasteiger partial charge in [0.1, 0.15) is 5.82 Å². The van der Waals surface area contributed by atoms with Crippen LogP contribution in [0.1, 0.15) is 33.3 Å². The normalized spacial score (nSPS) is 11.2. The second-order valence-electron chi connectivity index (χ2n) is 10.3. The zero-order chi connectivity index (χ0) is 27.2. The van der Waals surface area contributed by atoms with Crippen molar-refractivity contribution in [1.29, 1.82) is 0 Å². The van der Waals surface area contributed by atoms with Crippen molar-refractivity contribution in [2.24, 2.45) is 11.8 Å². The van der Waals surface area contributed by atoms with E-state index < -0.39 is 11.8 Å². The largest absolute Gasteiger partial charge is 0.369 e. The van der Waals surface area contributed by atoms with Gasteiger partial charge in [0.05, 0.1) is 11.4 Å². The molecule has 3 aromatic carbocycles. The number of halogens is 1. The molecule has 4 aromatic rings. The Morgan fingerprint density at radius 3 is 2.18 bits per heavy atom. The van der Waals surface area contributed by atoms with Crippen LogP contribution in [0.2, 0.25) is 0 Å². The molecule has 0 aliphatic carbocycles. The van der Waals surface area contributed by atoms with Crippen LogP contribution in [0.15, 0.2) is 60.7 Å². The molecule has 0 unspecified atom stereocenters. The third-order valence-corrected chi connectivity index (χ3v) is 5.96. The van der Waals surface area contributed by atoms with Crippen molar-refractivity contribution in [3.8, 4) is 22.5 Å². The number of aryl methyl sites for hydroxylation is 1. The van der Waals surface area contributed by atoms with Gasteiger partial charge in [-0.2, -0.15) is 5.21 Å². The number of aromatic nitrogens is 4. The number of H-pyrrole nitrogens is 1. The first-order chi connectivity index (χ1) is 18.2. The number of amides is 2. The number of carbonyl (C=O) groups is 1. The third kappa shape index (κ3) is 6.53. The Labute approximate surface area is 222 Å². The Morgan fingerprint density at radius 1 is 0.921 bits per heavy atom. The SMILES string of the molecule is Cc1ccc(NC(=O)Nc2cc(-c3ccccc3-c3nn[nH]n3)c(F)cc2N(CC(C)C)CC(C)C)cc1. The van der Waals surface area contributed by atoms with E-state index in [0.29, 0.717) is 64.5 Å². The summed E-state index contributed by atoms with van der Waals surface area (Å²) in [6.45, 7) is 11.9. The third-order valence-electron chi connectivity index (χ3n) is 5.96. The molecule has 9 heteroatoms. The maximum atomic E-state index is 15.9. The standard InChI is InChI=1S/C29H34FN7O/c1-18(2)16-37(17-19(3)4)27-15-25(30)24(22-8-6-7-9-23(22)28-33-35-36-34-28)14-26(27)32-29(38)31-21-12-10-20(5)11-13-21/h6-15,18-19H,16-17H2,1-5H3,(H2,31,32,38)(H,33,34,35,36). The fourth-order valence-electron chi connectivity index (χ4n) is 4.39. The quantitative estimate of drug-likeness (QED) is 0.229. The number of anilines is 3. The lowest BCUT2D eigenvalue weighted by atomic mass is 9.97. The van der Waals surface area contributed by atoms with E-state index in [4.69, 9.17) is 0 Å². The highest BCUT2D eigenvalue weighted by molar-refractivity contribution is 6.02. The van der Waals surface area contributed by atoms with E-state index >= 15 is 4.39 Å². The first kappa shape index (κ1) is 26.8. The molecule has 1 aromatic heterocycles. The molecule has 0 aliphatic rings. The number of nitrogens with one attached hydrogen (secondary N) is 3. The highest BCUT2D eigenvalue weighted by atomic mass is 19.1. The first-order valence-corrected chi connectivity index (χ1v) is 12.8. The van der Waals surface area contributed by atoms with E-state index in [1.807, 2.05) is 49.4 Å². The minimum atomic E-state index is -0.409. The van der Waals surface area contributed by atoms with E-state index in [9.17, 15) is 4.79 Å². The van der Waals surface area contributed by atoms with Crippen molar-refractivity contribution >= 4 is 23.1 Å². The summed E-state index contributed by atoms with van der Waals surface area (Å²) in [4.78, 5) is 15.2. The summed E-state index contributed by atoms with van der Waals surface area (Å²) in [6.07, 6.45) is 0. The summed E-state index contributed by atoms with van der Waals surface area (Å²) in [5.74, 6) is 0.629. The number of hydrogen-bond acceptors (Lipinski definition) is 5. The van der Waals surface area contributed by atoms with Crippen molar-refractivity contribution < 1.29 is 9.18 Å². The highest BCUT2D eigenvalue weighted by Gasteiger charge is 2.22. The van der Waals surface area contributed by atoms with E-state index in [0.717, 1.165) is 5.56 Å². The summed E-state index contributed by atoms with van der Waals surface area (Å²) in [5.41, 5.74) is 4.46. The van der Waals surface area contributed by atoms with Gasteiger partial charge in [0.15, 0.2) is 0 Å². The lowest BCUT2D eigenvalue weighted by Gasteiger charge is -2.31. The number of aromatic amines is 1. The molecule has 0 spiro atoms. The fourth-order valence-corrected chi connectivity index (χ4v) is 4.39. The average Bonchev–Trinajstić information content (AvgIpc) is 3.40. The molecule has 0 saturated heterocycles. The van der Waals surface area contributed by atoms with Crippen LogP contribution in [0.4, 0.5) is 26.2 Å². The Morgan fingerprint density at radius 2 is 1.58 bits per heavy atom. The topological polar surface area (TPSA) is 98.8 Å². The van der Waals surface area contributed by atoms with E-state index in [1.54, 1.807) is 12.1 Å². The van der Waals surface area contributed by atoms with Gasteiger partial charge in [0.25, 0.3) is 0 Å². The van der Waals surface area contributed by atoms with E-state index in [2.05, 4.69) is 63.9 Å². The van der Waals surface area contributed by atoms with Crippen LogP contribution in [-0.2, 0) is 0 Å². The Hall–Kier alpha value is -4.27. The van der Waals surface area contributed by atoms with Crippen LogP contribution >= 0.6 is 0 Å². The molecular formula is C29H34FN7O. The molecule has 38 heavy (non-hydrogen) atoms. The summed E-state index contributed by atoms with van der Waals surface area (Å²) in [5, 5.41) is 20.1. The Kier molecular flexibility index (Phi) is 8.35. The van der Waals surface area contributed by atoms with Crippen molar-refractivity contribution in [3.05, 3.63) is 72.0 Å².